The summed E-state index contributed by atoms with van der Waals surface area (Å²) in [7, 11) is 0. The summed E-state index contributed by atoms with van der Waals surface area (Å²) < 4.78 is 0. The minimum Gasteiger partial charge on any atom is -0.0995 e. The Kier molecular flexibility index (Phi) is 4.36. The molecule has 0 aromatic rings. The van der Waals surface area contributed by atoms with Crippen molar-refractivity contribution < 1.29 is 18.9 Å². The van der Waals surface area contributed by atoms with Crippen LogP contribution in [0.15, 0.2) is 12.2 Å². The summed E-state index contributed by atoms with van der Waals surface area (Å²) in [6.45, 7) is 5.81. The smallest absolute Gasteiger partial charge is 0.0995 e. The Labute approximate surface area is 69.9 Å². The van der Waals surface area contributed by atoms with Gasteiger partial charge in [0.1, 0.15) is 0 Å². The molecule has 0 amide bonds. The predicted octanol–water partition coefficient (Wildman–Crippen LogP) is -1.03. The van der Waals surface area contributed by atoms with E-state index in [2.05, 4.69) is 19.4 Å². The van der Waals surface area contributed by atoms with E-state index in [1.807, 2.05) is 19.8 Å². The van der Waals surface area contributed by atoms with Gasteiger partial charge in [0.15, 0.2) is 0 Å². The molecule has 1 aliphatic carbocycles. The Bertz CT molecular complexity index is 90.7. The van der Waals surface area contributed by atoms with E-state index in [0.29, 0.717) is 0 Å². The first-order valence-electron chi connectivity index (χ1n) is 2.68. The monoisotopic (exact) mass is 112 g/mol. The molecule has 41 valence electrons. The van der Waals surface area contributed by atoms with Crippen LogP contribution in [0.1, 0.15) is 6.92 Å². The summed E-state index contributed by atoms with van der Waals surface area (Å²) in [4.78, 5) is 0. The average Bonchev–Trinajstić information content (AvgIpc) is 2.12. The molecule has 1 rings (SSSR count). The second-order valence-corrected chi connectivity index (χ2v) is 1.95. The third-order valence-electron chi connectivity index (χ3n) is 1.16. The summed E-state index contributed by atoms with van der Waals surface area (Å²) >= 11 is 0. The van der Waals surface area contributed by atoms with Gasteiger partial charge < -0.3 is 0 Å². The van der Waals surface area contributed by atoms with Gasteiger partial charge in [0.05, 0.1) is 0 Å². The van der Waals surface area contributed by atoms with Crippen LogP contribution in [0.3, 0.4) is 0 Å². The van der Waals surface area contributed by atoms with Crippen LogP contribution in [-0.4, -0.2) is 0 Å². The fourth-order valence-electron chi connectivity index (χ4n) is 0.659. The summed E-state index contributed by atoms with van der Waals surface area (Å²) in [6, 6.07) is 0. The molecule has 0 atom stereocenters. The zero-order valence-corrected chi connectivity index (χ0v) is 6.02. The fraction of sp³-hybridized carbons (Fsp3) is 0.125. The first-order chi connectivity index (χ1) is 3.80. The summed E-state index contributed by atoms with van der Waals surface area (Å²) in [6.07, 6.45) is 8.15. The van der Waals surface area contributed by atoms with Gasteiger partial charge in [-0.2, -0.15) is 0 Å². The molecule has 0 saturated heterocycles. The minimum absolute atomic E-state index is 0. The van der Waals surface area contributed by atoms with E-state index >= 15 is 0 Å². The van der Waals surface area contributed by atoms with E-state index in [-0.39, 0.29) is 18.9 Å². The molecular formula is C8H9Li+. The van der Waals surface area contributed by atoms with Crippen LogP contribution in [0.25, 0.3) is 0 Å². The fourth-order valence-corrected chi connectivity index (χ4v) is 0.659. The maximum atomic E-state index is 3.80. The van der Waals surface area contributed by atoms with E-state index in [0.717, 1.165) is 5.57 Å². The van der Waals surface area contributed by atoms with Crippen molar-refractivity contribution in [1.82, 2.24) is 0 Å². The van der Waals surface area contributed by atoms with Gasteiger partial charge >= 0.3 is 18.9 Å². The number of rotatable bonds is 1. The van der Waals surface area contributed by atoms with Gasteiger partial charge in [0, 0.05) is 5.92 Å². The van der Waals surface area contributed by atoms with Crippen LogP contribution >= 0.6 is 0 Å². The molecule has 0 aromatic carbocycles. The molecule has 0 spiro atoms. The Morgan fingerprint density at radius 2 is 1.78 bits per heavy atom. The van der Waals surface area contributed by atoms with Crippen molar-refractivity contribution in [3.05, 3.63) is 43.8 Å². The van der Waals surface area contributed by atoms with Crippen LogP contribution in [0.5, 0.6) is 0 Å². The van der Waals surface area contributed by atoms with Gasteiger partial charge in [-0.3, -0.25) is 0 Å². The molecule has 0 heterocycles. The van der Waals surface area contributed by atoms with Crippen LogP contribution < -0.4 is 18.9 Å². The molecule has 1 aliphatic rings. The molecule has 0 bridgehead atoms. The van der Waals surface area contributed by atoms with Crippen molar-refractivity contribution in [2.24, 2.45) is 0 Å². The van der Waals surface area contributed by atoms with Gasteiger partial charge in [-0.15, -0.1) is 0 Å². The molecule has 0 nitrogen and oxygen atoms in total. The first-order valence-corrected chi connectivity index (χ1v) is 2.68. The molecule has 1 fully saturated rings. The maximum Gasteiger partial charge on any atom is 1.00 e. The number of allylic oxidation sites excluding steroid dienone is 1. The van der Waals surface area contributed by atoms with Crippen LogP contribution in [-0.2, 0) is 0 Å². The van der Waals surface area contributed by atoms with Crippen LogP contribution in [0.2, 0.25) is 0 Å². The van der Waals surface area contributed by atoms with Gasteiger partial charge in [0.2, 0.25) is 0 Å². The van der Waals surface area contributed by atoms with E-state index < -0.39 is 0 Å². The molecular weight excluding hydrogens is 103 g/mol. The molecule has 1 saturated carbocycles. The summed E-state index contributed by atoms with van der Waals surface area (Å²) in [5, 5.41) is 0. The van der Waals surface area contributed by atoms with Crippen molar-refractivity contribution in [2.45, 2.75) is 6.92 Å². The van der Waals surface area contributed by atoms with Crippen molar-refractivity contribution in [3.63, 3.8) is 0 Å². The van der Waals surface area contributed by atoms with Crippen molar-refractivity contribution >= 4 is 0 Å². The largest absolute Gasteiger partial charge is 1.00 e. The van der Waals surface area contributed by atoms with Crippen molar-refractivity contribution in [3.8, 4) is 0 Å². The van der Waals surface area contributed by atoms with E-state index in [1.165, 1.54) is 5.92 Å². The molecule has 0 aliphatic heterocycles. The Morgan fingerprint density at radius 3 is 2.00 bits per heavy atom. The molecule has 9 heavy (non-hydrogen) atoms. The topological polar surface area (TPSA) is 0 Å². The molecule has 0 N–H and O–H groups in total. The number of hydrogen-bond acceptors (Lipinski definition) is 0. The minimum atomic E-state index is 0. The van der Waals surface area contributed by atoms with Crippen LogP contribution in [0.4, 0.5) is 0 Å². The quantitative estimate of drug-likeness (QED) is 0.380. The summed E-state index contributed by atoms with van der Waals surface area (Å²) in [5.74, 6) is 1.24. The standard InChI is InChI=1S/C8H9.Li/c1-7(2)8-5-3-4-6-8;/h3-6H,1H2,2H3;/q;+1. The Morgan fingerprint density at radius 1 is 1.33 bits per heavy atom. The zero-order valence-electron chi connectivity index (χ0n) is 6.02. The SMILES string of the molecule is C=C(C)[C]1[CH][CH][CH][CH]1.[Li+]. The Balaban J connectivity index is 0.000000640. The zero-order chi connectivity index (χ0) is 5.98. The van der Waals surface area contributed by atoms with Gasteiger partial charge in [-0.05, 0) is 32.6 Å². The van der Waals surface area contributed by atoms with Crippen LogP contribution in [0, 0.1) is 31.6 Å². The van der Waals surface area contributed by atoms with Gasteiger partial charge in [-0.1, -0.05) is 12.2 Å². The van der Waals surface area contributed by atoms with E-state index in [1.54, 1.807) is 0 Å². The number of hydrogen-bond donors (Lipinski definition) is 0. The second kappa shape index (κ2) is 4.20. The van der Waals surface area contributed by atoms with Crippen molar-refractivity contribution in [2.75, 3.05) is 0 Å². The average molecular weight is 112 g/mol. The molecule has 0 unspecified atom stereocenters. The molecule has 0 aromatic heterocycles. The Hall–Kier alpha value is 0.337. The van der Waals surface area contributed by atoms with E-state index in [9.17, 15) is 0 Å². The maximum absolute atomic E-state index is 3.80. The molecule has 5 radical (unpaired) electrons. The third kappa shape index (κ3) is 2.61. The van der Waals surface area contributed by atoms with Gasteiger partial charge in [0.25, 0.3) is 0 Å². The van der Waals surface area contributed by atoms with Gasteiger partial charge in [-0.25, -0.2) is 0 Å². The first kappa shape index (κ1) is 9.34. The molecule has 1 heteroatoms. The van der Waals surface area contributed by atoms with Crippen molar-refractivity contribution in [1.29, 1.82) is 0 Å². The van der Waals surface area contributed by atoms with E-state index in [4.69, 9.17) is 0 Å². The second-order valence-electron chi connectivity index (χ2n) is 1.95. The normalized spacial score (nSPS) is 19.2. The third-order valence-corrected chi connectivity index (χ3v) is 1.16. The predicted molar refractivity (Wildman–Crippen MR) is 35.3 cm³/mol. The summed E-state index contributed by atoms with van der Waals surface area (Å²) in [5.41, 5.74) is 1.13.